The van der Waals surface area contributed by atoms with Crippen molar-refractivity contribution in [2.45, 2.75) is 43.5 Å². The number of rotatable bonds is 3. The molecule has 1 fully saturated rings. The van der Waals surface area contributed by atoms with Gasteiger partial charge in [0.25, 0.3) is 11.5 Å². The quantitative estimate of drug-likeness (QED) is 0.843. The molecule has 0 radical (unpaired) electrons. The number of aromatic nitrogens is 2. The van der Waals surface area contributed by atoms with Crippen molar-refractivity contribution < 1.29 is 14.3 Å². The van der Waals surface area contributed by atoms with Crippen molar-refractivity contribution in [1.29, 1.82) is 0 Å². The highest BCUT2D eigenvalue weighted by molar-refractivity contribution is 8.00. The molecular weight excluding hydrogens is 369 g/mol. The summed E-state index contributed by atoms with van der Waals surface area (Å²) in [5.74, 6) is -0.182. The molecule has 2 N–H and O–H groups in total. The molecule has 142 valence electrons. The van der Waals surface area contributed by atoms with E-state index in [0.29, 0.717) is 17.9 Å². The van der Waals surface area contributed by atoms with Crippen LogP contribution in [0, 0.1) is 5.82 Å². The third-order valence-corrected chi connectivity index (χ3v) is 6.77. The van der Waals surface area contributed by atoms with E-state index in [1.807, 2.05) is 0 Å². The number of nitrogens with one attached hydrogen (secondary N) is 1. The van der Waals surface area contributed by atoms with Crippen LogP contribution in [-0.4, -0.2) is 26.3 Å². The summed E-state index contributed by atoms with van der Waals surface area (Å²) in [6, 6.07) is 5.75. The number of nitrogens with zero attached hydrogens (tertiary/aromatic N) is 2. The molecule has 2 heterocycles. The number of amides is 1. The van der Waals surface area contributed by atoms with Crippen LogP contribution in [0.1, 0.15) is 47.6 Å². The van der Waals surface area contributed by atoms with Crippen molar-refractivity contribution in [3.63, 3.8) is 0 Å². The summed E-state index contributed by atoms with van der Waals surface area (Å²) in [5, 5.41) is 12.9. The van der Waals surface area contributed by atoms with Gasteiger partial charge in [0.15, 0.2) is 5.69 Å². The standard InChI is InChI=1S/C19H20FN3O3S/c20-13-5-3-12(4-6-13)11-21-16(25)14-15(24)17(26)23-9-10-27-19(18(23)22-14)7-1-2-8-19/h3-6,24H,1-2,7-11H2,(H,21,25). The number of benzene rings is 1. The fraction of sp³-hybridized carbons (Fsp3) is 0.421. The lowest BCUT2D eigenvalue weighted by Crippen LogP contribution is -2.40. The number of halogens is 1. The molecule has 1 spiro atoms. The highest BCUT2D eigenvalue weighted by atomic mass is 32.2. The minimum Gasteiger partial charge on any atom is -0.501 e. The molecule has 1 aromatic heterocycles. The maximum Gasteiger partial charge on any atom is 0.296 e. The van der Waals surface area contributed by atoms with E-state index in [0.717, 1.165) is 31.4 Å². The van der Waals surface area contributed by atoms with E-state index in [1.165, 1.54) is 16.7 Å². The lowest BCUT2D eigenvalue weighted by molar-refractivity contribution is 0.0941. The number of carbonyl (C=O) groups excluding carboxylic acids is 1. The number of thioether (sulfide) groups is 1. The molecule has 1 aromatic carbocycles. The largest absolute Gasteiger partial charge is 0.501 e. The number of aromatic hydroxyl groups is 1. The van der Waals surface area contributed by atoms with Crippen molar-refractivity contribution in [2.75, 3.05) is 5.75 Å². The molecule has 1 aliphatic heterocycles. The van der Waals surface area contributed by atoms with Gasteiger partial charge in [-0.1, -0.05) is 25.0 Å². The Bertz CT molecular complexity index is 936. The van der Waals surface area contributed by atoms with E-state index in [4.69, 9.17) is 0 Å². The molecule has 1 aliphatic carbocycles. The van der Waals surface area contributed by atoms with Gasteiger partial charge >= 0.3 is 0 Å². The first-order chi connectivity index (χ1) is 13.0. The minimum atomic E-state index is -0.615. The fourth-order valence-electron chi connectivity index (χ4n) is 3.84. The summed E-state index contributed by atoms with van der Waals surface area (Å²) in [7, 11) is 0. The second-order valence-electron chi connectivity index (χ2n) is 6.95. The predicted octanol–water partition coefficient (Wildman–Crippen LogP) is 2.53. The van der Waals surface area contributed by atoms with Crippen LogP contribution < -0.4 is 10.9 Å². The van der Waals surface area contributed by atoms with E-state index < -0.39 is 17.2 Å². The molecular formula is C19H20FN3O3S. The van der Waals surface area contributed by atoms with E-state index in [-0.39, 0.29) is 22.8 Å². The summed E-state index contributed by atoms with van der Waals surface area (Å²) in [6.45, 7) is 0.636. The summed E-state index contributed by atoms with van der Waals surface area (Å²) >= 11 is 1.79. The molecule has 1 saturated carbocycles. The summed E-state index contributed by atoms with van der Waals surface area (Å²) in [6.07, 6.45) is 3.97. The van der Waals surface area contributed by atoms with Gasteiger partial charge in [0.2, 0.25) is 5.75 Å². The third kappa shape index (κ3) is 3.22. The maximum absolute atomic E-state index is 13.0. The highest BCUT2D eigenvalue weighted by Crippen LogP contribution is 2.50. The zero-order valence-electron chi connectivity index (χ0n) is 14.7. The molecule has 0 bridgehead atoms. The van der Waals surface area contributed by atoms with Gasteiger partial charge in [0, 0.05) is 18.8 Å². The monoisotopic (exact) mass is 389 g/mol. The van der Waals surface area contributed by atoms with E-state index in [2.05, 4.69) is 10.3 Å². The van der Waals surface area contributed by atoms with Crippen molar-refractivity contribution in [3.05, 3.63) is 57.5 Å². The first-order valence-electron chi connectivity index (χ1n) is 9.01. The molecule has 2 aliphatic rings. The Morgan fingerprint density at radius 2 is 2.00 bits per heavy atom. The van der Waals surface area contributed by atoms with E-state index in [1.54, 1.807) is 23.9 Å². The zero-order chi connectivity index (χ0) is 19.0. The van der Waals surface area contributed by atoms with E-state index >= 15 is 0 Å². The number of hydrogen-bond donors (Lipinski definition) is 2. The molecule has 8 heteroatoms. The lowest BCUT2D eigenvalue weighted by Gasteiger charge is -2.34. The predicted molar refractivity (Wildman–Crippen MR) is 100 cm³/mol. The van der Waals surface area contributed by atoms with E-state index in [9.17, 15) is 19.1 Å². The SMILES string of the molecule is O=C(NCc1ccc(F)cc1)c1nc2n(c(=O)c1O)CCSC21CCCC1. The highest BCUT2D eigenvalue weighted by Gasteiger charge is 2.43. The van der Waals surface area contributed by atoms with Crippen LogP contribution >= 0.6 is 11.8 Å². The Morgan fingerprint density at radius 1 is 1.30 bits per heavy atom. The first-order valence-corrected chi connectivity index (χ1v) is 10.00. The summed E-state index contributed by atoms with van der Waals surface area (Å²) < 4.78 is 14.3. The van der Waals surface area contributed by atoms with Gasteiger partial charge in [0.05, 0.1) is 4.75 Å². The molecule has 1 amide bonds. The molecule has 6 nitrogen and oxygen atoms in total. The van der Waals surface area contributed by atoms with Crippen LogP contribution in [0.3, 0.4) is 0 Å². The number of hydrogen-bond acceptors (Lipinski definition) is 5. The number of carbonyl (C=O) groups is 1. The molecule has 4 rings (SSSR count). The van der Waals surface area contributed by atoms with Crippen LogP contribution in [0.25, 0.3) is 0 Å². The van der Waals surface area contributed by atoms with Crippen LogP contribution in [0.5, 0.6) is 5.75 Å². The third-order valence-electron chi connectivity index (χ3n) is 5.24. The van der Waals surface area contributed by atoms with Crippen molar-refractivity contribution in [1.82, 2.24) is 14.9 Å². The van der Waals surface area contributed by atoms with Gasteiger partial charge in [-0.05, 0) is 30.5 Å². The second kappa shape index (κ2) is 6.99. The van der Waals surface area contributed by atoms with Crippen LogP contribution in [-0.2, 0) is 17.8 Å². The van der Waals surface area contributed by atoms with Crippen molar-refractivity contribution >= 4 is 17.7 Å². The average Bonchev–Trinajstić information content (AvgIpc) is 3.13. The molecule has 0 saturated heterocycles. The van der Waals surface area contributed by atoms with Gasteiger partial charge < -0.3 is 10.4 Å². The molecule has 2 aromatic rings. The normalized spacial score (nSPS) is 17.7. The fourth-order valence-corrected chi connectivity index (χ4v) is 5.36. The maximum atomic E-state index is 13.0. The van der Waals surface area contributed by atoms with Gasteiger partial charge in [-0.3, -0.25) is 14.2 Å². The Hall–Kier alpha value is -2.35. The number of fused-ring (bicyclic) bond motifs is 2. The van der Waals surface area contributed by atoms with Crippen molar-refractivity contribution in [2.24, 2.45) is 0 Å². The zero-order valence-corrected chi connectivity index (χ0v) is 15.5. The second-order valence-corrected chi connectivity index (χ2v) is 8.43. The van der Waals surface area contributed by atoms with Crippen molar-refractivity contribution in [3.8, 4) is 5.75 Å². The molecule has 27 heavy (non-hydrogen) atoms. The molecule has 0 atom stereocenters. The van der Waals surface area contributed by atoms with Gasteiger partial charge in [0.1, 0.15) is 11.6 Å². The first kappa shape index (κ1) is 18.0. The summed E-state index contributed by atoms with van der Waals surface area (Å²) in [5.41, 5.74) is -0.0811. The van der Waals surface area contributed by atoms with Gasteiger partial charge in [-0.2, -0.15) is 0 Å². The van der Waals surface area contributed by atoms with Crippen LogP contribution in [0.2, 0.25) is 0 Å². The summed E-state index contributed by atoms with van der Waals surface area (Å²) in [4.78, 5) is 29.7. The van der Waals surface area contributed by atoms with Crippen LogP contribution in [0.4, 0.5) is 4.39 Å². The van der Waals surface area contributed by atoms with Gasteiger partial charge in [-0.15, -0.1) is 11.8 Å². The smallest absolute Gasteiger partial charge is 0.296 e. The minimum absolute atomic E-state index is 0.151. The average molecular weight is 389 g/mol. The molecule has 0 unspecified atom stereocenters. The Balaban J connectivity index is 1.64. The Labute approximate surface area is 159 Å². The van der Waals surface area contributed by atoms with Crippen LogP contribution in [0.15, 0.2) is 29.1 Å². The topological polar surface area (TPSA) is 84.2 Å². The lowest BCUT2D eigenvalue weighted by atomic mass is 10.1. The van der Waals surface area contributed by atoms with Gasteiger partial charge in [-0.25, -0.2) is 9.37 Å². The Morgan fingerprint density at radius 3 is 2.70 bits per heavy atom. The Kier molecular flexibility index (Phi) is 4.67.